The molecule has 0 saturated carbocycles. The third-order valence-corrected chi connectivity index (χ3v) is 3.07. The molecular formula is C13H18N2O3. The van der Waals surface area contributed by atoms with Crippen LogP contribution in [0.2, 0.25) is 0 Å². The summed E-state index contributed by atoms with van der Waals surface area (Å²) in [4.78, 5) is 12.0. The molecule has 1 aliphatic rings. The molecule has 0 aliphatic carbocycles. The van der Waals surface area contributed by atoms with E-state index in [4.69, 9.17) is 4.74 Å². The molecule has 1 aliphatic heterocycles. The number of nitrogens with zero attached hydrogens (tertiary/aromatic N) is 1. The summed E-state index contributed by atoms with van der Waals surface area (Å²) in [6.45, 7) is 1.73. The fourth-order valence-corrected chi connectivity index (χ4v) is 2.04. The van der Waals surface area contributed by atoms with Crippen LogP contribution < -0.4 is 10.2 Å². The Bertz CT molecular complexity index is 428. The van der Waals surface area contributed by atoms with Gasteiger partial charge in [0.05, 0.1) is 12.7 Å². The zero-order valence-electron chi connectivity index (χ0n) is 10.5. The molecule has 0 spiro atoms. The smallest absolute Gasteiger partial charge is 0.269 e. The largest absolute Gasteiger partial charge is 0.507 e. The monoisotopic (exact) mass is 250 g/mol. The van der Waals surface area contributed by atoms with Crippen molar-refractivity contribution in [3.63, 3.8) is 0 Å². The molecule has 0 unspecified atom stereocenters. The third-order valence-electron chi connectivity index (χ3n) is 3.07. The molecule has 1 amide bonds. The van der Waals surface area contributed by atoms with E-state index in [-0.39, 0.29) is 17.2 Å². The van der Waals surface area contributed by atoms with Crippen LogP contribution >= 0.6 is 0 Å². The first kappa shape index (κ1) is 12.7. The average Bonchev–Trinajstić information content (AvgIpc) is 2.39. The maximum absolute atomic E-state index is 12.0. The van der Waals surface area contributed by atoms with Gasteiger partial charge in [-0.2, -0.15) is 0 Å². The molecule has 2 N–H and O–H groups in total. The Kier molecular flexibility index (Phi) is 4.04. The molecule has 2 rings (SSSR count). The number of ether oxygens (including phenoxy) is 1. The number of nitrogens with one attached hydrogen (secondary N) is 1. The Morgan fingerprint density at radius 2 is 2.06 bits per heavy atom. The lowest BCUT2D eigenvalue weighted by Gasteiger charge is -2.26. The fraction of sp³-hybridized carbons (Fsp3) is 0.462. The summed E-state index contributed by atoms with van der Waals surface area (Å²) in [6, 6.07) is 4.66. The van der Waals surface area contributed by atoms with E-state index >= 15 is 0 Å². The maximum atomic E-state index is 12.0. The topological polar surface area (TPSA) is 61.8 Å². The van der Waals surface area contributed by atoms with E-state index in [9.17, 15) is 9.90 Å². The molecule has 98 valence electrons. The summed E-state index contributed by atoms with van der Waals surface area (Å²) >= 11 is 0. The van der Waals surface area contributed by atoms with Crippen LogP contribution in [0.1, 0.15) is 29.6 Å². The number of aromatic hydroxyl groups is 1. The van der Waals surface area contributed by atoms with Gasteiger partial charge in [-0.15, -0.1) is 0 Å². The molecular weight excluding hydrogens is 232 g/mol. The van der Waals surface area contributed by atoms with E-state index in [2.05, 4.69) is 5.43 Å². The summed E-state index contributed by atoms with van der Waals surface area (Å²) in [5, 5.41) is 11.7. The minimum Gasteiger partial charge on any atom is -0.507 e. The van der Waals surface area contributed by atoms with E-state index in [0.717, 1.165) is 25.9 Å². The van der Waals surface area contributed by atoms with Gasteiger partial charge in [0, 0.05) is 19.2 Å². The maximum Gasteiger partial charge on any atom is 0.269 e. The van der Waals surface area contributed by atoms with Gasteiger partial charge >= 0.3 is 0 Å². The number of methoxy groups -OCH3 is 1. The SMILES string of the molecule is COc1ccc(C(=O)NN2CCCCC2)c(O)c1. The highest BCUT2D eigenvalue weighted by Gasteiger charge is 2.16. The minimum absolute atomic E-state index is 0.0659. The molecule has 0 bridgehead atoms. The van der Waals surface area contributed by atoms with Gasteiger partial charge < -0.3 is 9.84 Å². The van der Waals surface area contributed by atoms with Crippen molar-refractivity contribution in [1.82, 2.24) is 10.4 Å². The molecule has 0 aromatic heterocycles. The van der Waals surface area contributed by atoms with Crippen molar-refractivity contribution in [3.8, 4) is 11.5 Å². The van der Waals surface area contributed by atoms with E-state index in [1.165, 1.54) is 19.6 Å². The summed E-state index contributed by atoms with van der Waals surface area (Å²) in [7, 11) is 1.52. The van der Waals surface area contributed by atoms with Crippen molar-refractivity contribution < 1.29 is 14.6 Å². The summed E-state index contributed by atoms with van der Waals surface area (Å²) in [5.41, 5.74) is 3.07. The van der Waals surface area contributed by atoms with Gasteiger partial charge in [0.25, 0.3) is 5.91 Å². The second-order valence-corrected chi connectivity index (χ2v) is 4.37. The number of rotatable bonds is 3. The van der Waals surface area contributed by atoms with Crippen LogP contribution in [-0.2, 0) is 0 Å². The van der Waals surface area contributed by atoms with Crippen LogP contribution in [-0.4, -0.2) is 36.2 Å². The minimum atomic E-state index is -0.281. The van der Waals surface area contributed by atoms with Crippen molar-refractivity contribution in [2.45, 2.75) is 19.3 Å². The molecule has 5 heteroatoms. The zero-order chi connectivity index (χ0) is 13.0. The Labute approximate surface area is 106 Å². The Morgan fingerprint density at radius 3 is 2.67 bits per heavy atom. The molecule has 0 atom stereocenters. The molecule has 1 fully saturated rings. The molecule has 1 aromatic rings. The normalized spacial score (nSPS) is 16.3. The molecule has 18 heavy (non-hydrogen) atoms. The highest BCUT2D eigenvalue weighted by molar-refractivity contribution is 5.96. The number of hydrogen-bond donors (Lipinski definition) is 2. The lowest BCUT2D eigenvalue weighted by atomic mass is 10.1. The molecule has 0 radical (unpaired) electrons. The summed E-state index contributed by atoms with van der Waals surface area (Å²) in [5.74, 6) is 0.183. The van der Waals surface area contributed by atoms with Crippen molar-refractivity contribution >= 4 is 5.91 Å². The second kappa shape index (κ2) is 5.73. The van der Waals surface area contributed by atoms with Gasteiger partial charge in [-0.25, -0.2) is 5.01 Å². The lowest BCUT2D eigenvalue weighted by molar-refractivity contribution is 0.0747. The number of piperidine rings is 1. The molecule has 1 heterocycles. The van der Waals surface area contributed by atoms with Gasteiger partial charge in [-0.3, -0.25) is 10.2 Å². The molecule has 5 nitrogen and oxygen atoms in total. The van der Waals surface area contributed by atoms with Crippen LogP contribution in [0.15, 0.2) is 18.2 Å². The van der Waals surface area contributed by atoms with E-state index in [0.29, 0.717) is 5.75 Å². The van der Waals surface area contributed by atoms with Crippen LogP contribution in [0.5, 0.6) is 11.5 Å². The van der Waals surface area contributed by atoms with Crippen LogP contribution in [0.4, 0.5) is 0 Å². The van der Waals surface area contributed by atoms with Gasteiger partial charge in [-0.1, -0.05) is 6.42 Å². The highest BCUT2D eigenvalue weighted by atomic mass is 16.5. The van der Waals surface area contributed by atoms with E-state index < -0.39 is 0 Å². The number of carbonyl (C=O) groups excluding carboxylic acids is 1. The number of hydrogen-bond acceptors (Lipinski definition) is 4. The van der Waals surface area contributed by atoms with Gasteiger partial charge in [-0.05, 0) is 25.0 Å². The highest BCUT2D eigenvalue weighted by Crippen LogP contribution is 2.23. The first-order valence-corrected chi connectivity index (χ1v) is 6.13. The third kappa shape index (κ3) is 2.92. The van der Waals surface area contributed by atoms with Crippen LogP contribution in [0.25, 0.3) is 0 Å². The van der Waals surface area contributed by atoms with E-state index in [1.807, 2.05) is 5.01 Å². The van der Waals surface area contributed by atoms with Crippen molar-refractivity contribution in [1.29, 1.82) is 0 Å². The number of hydrazine groups is 1. The predicted octanol–water partition coefficient (Wildman–Crippen LogP) is 1.53. The number of phenols is 1. The lowest BCUT2D eigenvalue weighted by Crippen LogP contribution is -2.45. The molecule has 1 saturated heterocycles. The van der Waals surface area contributed by atoms with Gasteiger partial charge in [0.1, 0.15) is 11.5 Å². The van der Waals surface area contributed by atoms with Crippen molar-refractivity contribution in [2.75, 3.05) is 20.2 Å². The predicted molar refractivity (Wildman–Crippen MR) is 67.5 cm³/mol. The van der Waals surface area contributed by atoms with Gasteiger partial charge in [0.15, 0.2) is 0 Å². The van der Waals surface area contributed by atoms with Crippen molar-refractivity contribution in [2.24, 2.45) is 0 Å². The number of carbonyl (C=O) groups is 1. The average molecular weight is 250 g/mol. The van der Waals surface area contributed by atoms with Crippen LogP contribution in [0.3, 0.4) is 0 Å². The zero-order valence-corrected chi connectivity index (χ0v) is 10.5. The Hall–Kier alpha value is -1.75. The number of benzene rings is 1. The van der Waals surface area contributed by atoms with Crippen LogP contribution in [0, 0.1) is 0 Å². The first-order valence-electron chi connectivity index (χ1n) is 6.13. The first-order chi connectivity index (χ1) is 8.70. The fourth-order valence-electron chi connectivity index (χ4n) is 2.04. The van der Waals surface area contributed by atoms with E-state index in [1.54, 1.807) is 12.1 Å². The second-order valence-electron chi connectivity index (χ2n) is 4.37. The number of amides is 1. The Balaban J connectivity index is 2.03. The number of phenolic OH excluding ortho intramolecular Hbond substituents is 1. The van der Waals surface area contributed by atoms with Gasteiger partial charge in [0.2, 0.25) is 0 Å². The summed E-state index contributed by atoms with van der Waals surface area (Å²) < 4.78 is 4.98. The molecule has 1 aromatic carbocycles. The van der Waals surface area contributed by atoms with Crippen molar-refractivity contribution in [3.05, 3.63) is 23.8 Å². The quantitative estimate of drug-likeness (QED) is 0.854. The summed E-state index contributed by atoms with van der Waals surface area (Å²) in [6.07, 6.45) is 3.39. The standard InChI is InChI=1S/C13H18N2O3/c1-18-10-5-6-11(12(16)9-10)13(17)14-15-7-3-2-4-8-15/h5-6,9,16H,2-4,7-8H2,1H3,(H,14,17). The Morgan fingerprint density at radius 1 is 1.33 bits per heavy atom.